The minimum Gasteiger partial charge on any atom is -0.496 e. The van der Waals surface area contributed by atoms with Gasteiger partial charge in [0.25, 0.3) is 0 Å². The molecule has 0 spiro atoms. The number of guanidine groups is 1. The fourth-order valence-corrected chi connectivity index (χ4v) is 3.06. The Balaban J connectivity index is 1.65. The molecule has 1 aromatic rings. The van der Waals surface area contributed by atoms with Gasteiger partial charge in [0.15, 0.2) is 5.96 Å². The second-order valence-electron chi connectivity index (χ2n) is 6.51. The van der Waals surface area contributed by atoms with Crippen LogP contribution in [0.3, 0.4) is 0 Å². The number of methoxy groups -OCH3 is 1. The van der Waals surface area contributed by atoms with Crippen LogP contribution in [0.25, 0.3) is 0 Å². The minimum absolute atomic E-state index is 0.835. The topological polar surface area (TPSA) is 48.9 Å². The molecule has 2 N–H and O–H groups in total. The lowest BCUT2D eigenvalue weighted by Crippen LogP contribution is -2.43. The standard InChI is InChI=1S/C19H32N4O/c1-16-9-13-23(14-10-16)15-12-22-19(20-2)21-11-8-17-6-4-5-7-18(17)24-3/h4-7,16H,8-15H2,1-3H3,(H2,20,21,22). The van der Waals surface area contributed by atoms with Gasteiger partial charge in [0.05, 0.1) is 7.11 Å². The van der Waals surface area contributed by atoms with Crippen LogP contribution in [0.5, 0.6) is 5.75 Å². The van der Waals surface area contributed by atoms with Crippen molar-refractivity contribution >= 4 is 5.96 Å². The molecule has 1 fully saturated rings. The third-order valence-electron chi connectivity index (χ3n) is 4.70. The molecule has 134 valence electrons. The van der Waals surface area contributed by atoms with Crippen LogP contribution in [0, 0.1) is 5.92 Å². The molecule has 1 aliphatic heterocycles. The van der Waals surface area contributed by atoms with Crippen LogP contribution >= 0.6 is 0 Å². The second kappa shape index (κ2) is 10.2. The van der Waals surface area contributed by atoms with Crippen molar-refractivity contribution in [1.29, 1.82) is 0 Å². The van der Waals surface area contributed by atoms with Gasteiger partial charge < -0.3 is 20.3 Å². The van der Waals surface area contributed by atoms with Gasteiger partial charge in [-0.25, -0.2) is 0 Å². The summed E-state index contributed by atoms with van der Waals surface area (Å²) in [6.07, 6.45) is 3.56. The summed E-state index contributed by atoms with van der Waals surface area (Å²) >= 11 is 0. The summed E-state index contributed by atoms with van der Waals surface area (Å²) in [7, 11) is 3.54. The summed E-state index contributed by atoms with van der Waals surface area (Å²) in [4.78, 5) is 6.84. The Kier molecular flexibility index (Phi) is 7.89. The van der Waals surface area contributed by atoms with Crippen LogP contribution in [-0.2, 0) is 6.42 Å². The lowest BCUT2D eigenvalue weighted by Gasteiger charge is -2.30. The van der Waals surface area contributed by atoms with Crippen molar-refractivity contribution in [2.45, 2.75) is 26.2 Å². The minimum atomic E-state index is 0.835. The van der Waals surface area contributed by atoms with Crippen LogP contribution in [0.2, 0.25) is 0 Å². The maximum absolute atomic E-state index is 5.39. The molecule has 0 saturated carbocycles. The monoisotopic (exact) mass is 332 g/mol. The van der Waals surface area contributed by atoms with E-state index in [0.717, 1.165) is 43.7 Å². The largest absolute Gasteiger partial charge is 0.496 e. The average molecular weight is 332 g/mol. The van der Waals surface area contributed by atoms with Gasteiger partial charge in [-0.3, -0.25) is 4.99 Å². The summed E-state index contributed by atoms with van der Waals surface area (Å²) in [5.41, 5.74) is 1.21. The van der Waals surface area contributed by atoms with E-state index in [-0.39, 0.29) is 0 Å². The third-order valence-corrected chi connectivity index (χ3v) is 4.70. The van der Waals surface area contributed by atoms with E-state index in [9.17, 15) is 0 Å². The zero-order valence-electron chi connectivity index (χ0n) is 15.3. The summed E-state index contributed by atoms with van der Waals surface area (Å²) in [5.74, 6) is 2.70. The fourth-order valence-electron chi connectivity index (χ4n) is 3.06. The van der Waals surface area contributed by atoms with E-state index in [1.807, 2.05) is 25.2 Å². The average Bonchev–Trinajstić information content (AvgIpc) is 2.62. The van der Waals surface area contributed by atoms with E-state index in [4.69, 9.17) is 4.74 Å². The molecular formula is C19H32N4O. The Hall–Kier alpha value is -1.75. The van der Waals surface area contributed by atoms with Crippen LogP contribution < -0.4 is 15.4 Å². The van der Waals surface area contributed by atoms with Crippen LogP contribution in [-0.4, -0.2) is 57.7 Å². The van der Waals surface area contributed by atoms with Gasteiger partial charge in [0.1, 0.15) is 5.75 Å². The predicted octanol–water partition coefficient (Wildman–Crippen LogP) is 2.13. The lowest BCUT2D eigenvalue weighted by atomic mass is 9.99. The van der Waals surface area contributed by atoms with E-state index in [2.05, 4.69) is 33.5 Å². The van der Waals surface area contributed by atoms with Gasteiger partial charge in [0.2, 0.25) is 0 Å². The number of piperidine rings is 1. The Bertz CT molecular complexity index is 510. The summed E-state index contributed by atoms with van der Waals surface area (Å²) < 4.78 is 5.39. The van der Waals surface area contributed by atoms with E-state index >= 15 is 0 Å². The molecule has 5 heteroatoms. The Morgan fingerprint density at radius 1 is 1.21 bits per heavy atom. The summed E-state index contributed by atoms with van der Waals surface area (Å²) in [5, 5.41) is 6.79. The first-order valence-electron chi connectivity index (χ1n) is 9.01. The Morgan fingerprint density at radius 3 is 2.62 bits per heavy atom. The first kappa shape index (κ1) is 18.6. The van der Waals surface area contributed by atoms with Crippen molar-refractivity contribution in [3.8, 4) is 5.75 Å². The highest BCUT2D eigenvalue weighted by Gasteiger charge is 2.14. The van der Waals surface area contributed by atoms with E-state index in [0.29, 0.717) is 0 Å². The van der Waals surface area contributed by atoms with E-state index in [1.165, 1.54) is 31.5 Å². The maximum atomic E-state index is 5.39. The van der Waals surface area contributed by atoms with Crippen LogP contribution in [0.4, 0.5) is 0 Å². The molecule has 0 bridgehead atoms. The van der Waals surface area contributed by atoms with Crippen molar-refractivity contribution in [3.63, 3.8) is 0 Å². The van der Waals surface area contributed by atoms with Crippen molar-refractivity contribution in [3.05, 3.63) is 29.8 Å². The molecule has 0 aliphatic carbocycles. The molecule has 5 nitrogen and oxygen atoms in total. The summed E-state index contributed by atoms with van der Waals surface area (Å²) in [6, 6.07) is 8.15. The summed E-state index contributed by atoms with van der Waals surface area (Å²) in [6.45, 7) is 7.65. The number of rotatable bonds is 7. The first-order valence-corrected chi connectivity index (χ1v) is 9.01. The Labute approximate surface area is 146 Å². The zero-order chi connectivity index (χ0) is 17.2. The molecule has 1 heterocycles. The molecule has 24 heavy (non-hydrogen) atoms. The van der Waals surface area contributed by atoms with Crippen molar-refractivity contribution in [2.24, 2.45) is 10.9 Å². The van der Waals surface area contributed by atoms with E-state index in [1.54, 1.807) is 7.11 Å². The number of hydrogen-bond acceptors (Lipinski definition) is 3. The molecule has 1 aromatic carbocycles. The molecule has 0 radical (unpaired) electrons. The number of likely N-dealkylation sites (tertiary alicyclic amines) is 1. The van der Waals surface area contributed by atoms with E-state index < -0.39 is 0 Å². The molecule has 1 aliphatic rings. The number of nitrogens with one attached hydrogen (secondary N) is 2. The zero-order valence-corrected chi connectivity index (χ0v) is 15.3. The van der Waals surface area contributed by atoms with Crippen molar-refractivity contribution in [2.75, 3.05) is 46.9 Å². The number of benzene rings is 1. The van der Waals surface area contributed by atoms with Gasteiger partial charge in [-0.15, -0.1) is 0 Å². The highest BCUT2D eigenvalue weighted by Crippen LogP contribution is 2.17. The highest BCUT2D eigenvalue weighted by atomic mass is 16.5. The molecule has 0 atom stereocenters. The molecule has 2 rings (SSSR count). The molecule has 0 unspecified atom stereocenters. The molecule has 0 amide bonds. The number of aliphatic imine (C=N–C) groups is 1. The molecular weight excluding hydrogens is 300 g/mol. The van der Waals surface area contributed by atoms with Crippen molar-refractivity contribution in [1.82, 2.24) is 15.5 Å². The second-order valence-corrected chi connectivity index (χ2v) is 6.51. The fraction of sp³-hybridized carbons (Fsp3) is 0.632. The van der Waals surface area contributed by atoms with Gasteiger partial charge in [-0.1, -0.05) is 25.1 Å². The SMILES string of the molecule is CN=C(NCCc1ccccc1OC)NCCN1CCC(C)CC1. The normalized spacial score (nSPS) is 16.9. The maximum Gasteiger partial charge on any atom is 0.191 e. The smallest absolute Gasteiger partial charge is 0.191 e. The van der Waals surface area contributed by atoms with Crippen LogP contribution in [0.15, 0.2) is 29.3 Å². The van der Waals surface area contributed by atoms with Gasteiger partial charge >= 0.3 is 0 Å². The molecule has 0 aromatic heterocycles. The van der Waals surface area contributed by atoms with Gasteiger partial charge in [-0.05, 0) is 49.9 Å². The van der Waals surface area contributed by atoms with Crippen molar-refractivity contribution < 1.29 is 4.74 Å². The Morgan fingerprint density at radius 2 is 1.92 bits per heavy atom. The first-order chi connectivity index (χ1) is 11.7. The number of nitrogens with zero attached hydrogens (tertiary/aromatic N) is 2. The number of hydrogen-bond donors (Lipinski definition) is 2. The number of ether oxygens (including phenoxy) is 1. The third kappa shape index (κ3) is 6.04. The predicted molar refractivity (Wildman–Crippen MR) is 101 cm³/mol. The quantitative estimate of drug-likeness (QED) is 0.593. The molecule has 1 saturated heterocycles. The van der Waals surface area contributed by atoms with Gasteiger partial charge in [-0.2, -0.15) is 0 Å². The van der Waals surface area contributed by atoms with Crippen LogP contribution in [0.1, 0.15) is 25.3 Å². The number of para-hydroxylation sites is 1. The highest BCUT2D eigenvalue weighted by molar-refractivity contribution is 5.79. The lowest BCUT2D eigenvalue weighted by molar-refractivity contribution is 0.195. The van der Waals surface area contributed by atoms with Gasteiger partial charge in [0, 0.05) is 26.7 Å².